The van der Waals surface area contributed by atoms with Crippen LogP contribution < -0.4 is 4.31 Å². The molecule has 3 rings (SSSR count). The van der Waals surface area contributed by atoms with Gasteiger partial charge in [0.25, 0.3) is 15.7 Å². The van der Waals surface area contributed by atoms with Crippen LogP contribution in [0, 0.1) is 16.0 Å². The summed E-state index contributed by atoms with van der Waals surface area (Å²) in [5.74, 6) is -1.09. The summed E-state index contributed by atoms with van der Waals surface area (Å²) in [5.41, 5.74) is -0.275. The maximum atomic E-state index is 13.3. The second kappa shape index (κ2) is 9.77. The van der Waals surface area contributed by atoms with E-state index in [-0.39, 0.29) is 41.2 Å². The predicted octanol–water partition coefficient (Wildman–Crippen LogP) is 2.20. The number of hydrogen-bond donors (Lipinski definition) is 0. The van der Waals surface area contributed by atoms with Gasteiger partial charge in [0.15, 0.2) is 0 Å². The Balaban J connectivity index is 1.89. The van der Waals surface area contributed by atoms with Crippen molar-refractivity contribution in [3.05, 3.63) is 64.7 Å². The number of esters is 1. The van der Waals surface area contributed by atoms with E-state index in [0.717, 1.165) is 10.4 Å². The van der Waals surface area contributed by atoms with Gasteiger partial charge in [-0.2, -0.15) is 0 Å². The number of non-ortho nitro benzene ring substituents is 1. The molecule has 0 bridgehead atoms. The highest BCUT2D eigenvalue weighted by atomic mass is 32.2. The summed E-state index contributed by atoms with van der Waals surface area (Å²) in [7, 11) is -2.86. The predicted molar refractivity (Wildman–Crippen MR) is 115 cm³/mol. The molecule has 1 saturated heterocycles. The molecule has 32 heavy (non-hydrogen) atoms. The van der Waals surface area contributed by atoms with Crippen LogP contribution in [-0.2, 0) is 24.3 Å². The van der Waals surface area contributed by atoms with E-state index in [4.69, 9.17) is 4.74 Å². The Morgan fingerprint density at radius 3 is 2.38 bits per heavy atom. The van der Waals surface area contributed by atoms with Crippen LogP contribution in [0.25, 0.3) is 0 Å². The fourth-order valence-corrected chi connectivity index (χ4v) is 4.98. The third-order valence-electron chi connectivity index (χ3n) is 5.32. The van der Waals surface area contributed by atoms with Crippen molar-refractivity contribution in [2.75, 3.05) is 31.0 Å². The number of sulfonamides is 1. The number of rotatable bonds is 7. The molecule has 1 fully saturated rings. The number of hydrogen-bond acceptors (Lipinski definition) is 7. The topological polar surface area (TPSA) is 127 Å². The Morgan fingerprint density at radius 1 is 1.12 bits per heavy atom. The normalized spacial score (nSPS) is 14.6. The van der Waals surface area contributed by atoms with Gasteiger partial charge in [0, 0.05) is 25.2 Å². The van der Waals surface area contributed by atoms with Crippen molar-refractivity contribution in [3.63, 3.8) is 0 Å². The first kappa shape index (κ1) is 23.2. The van der Waals surface area contributed by atoms with E-state index in [0.29, 0.717) is 12.8 Å². The number of anilines is 1. The SMILES string of the molecule is COC(=O)C1CCN(C(=O)CN(c2cccc([N+](=O)[O-])c2)S(=O)(=O)c2ccccc2)CC1. The van der Waals surface area contributed by atoms with E-state index in [9.17, 15) is 28.1 Å². The van der Waals surface area contributed by atoms with E-state index < -0.39 is 27.4 Å². The number of methoxy groups -OCH3 is 1. The Kier molecular flexibility index (Phi) is 7.08. The largest absolute Gasteiger partial charge is 0.469 e. The molecule has 2 aromatic carbocycles. The van der Waals surface area contributed by atoms with E-state index in [2.05, 4.69) is 0 Å². The number of nitro groups is 1. The van der Waals surface area contributed by atoms with E-state index in [1.165, 1.54) is 42.3 Å². The van der Waals surface area contributed by atoms with Gasteiger partial charge in [0.1, 0.15) is 6.54 Å². The molecule has 0 spiro atoms. The van der Waals surface area contributed by atoms with Crippen LogP contribution in [0.3, 0.4) is 0 Å². The van der Waals surface area contributed by atoms with Gasteiger partial charge in [-0.3, -0.25) is 24.0 Å². The highest BCUT2D eigenvalue weighted by Gasteiger charge is 2.32. The van der Waals surface area contributed by atoms with Crippen LogP contribution >= 0.6 is 0 Å². The van der Waals surface area contributed by atoms with Gasteiger partial charge in [-0.15, -0.1) is 0 Å². The number of benzene rings is 2. The van der Waals surface area contributed by atoms with E-state index in [1.54, 1.807) is 18.2 Å². The Morgan fingerprint density at radius 2 is 1.78 bits per heavy atom. The molecular weight excluding hydrogens is 438 g/mol. The maximum Gasteiger partial charge on any atom is 0.308 e. The van der Waals surface area contributed by atoms with Crippen molar-refractivity contribution in [2.24, 2.45) is 5.92 Å². The lowest BCUT2D eigenvalue weighted by molar-refractivity contribution is -0.384. The lowest BCUT2D eigenvalue weighted by Crippen LogP contribution is -2.46. The molecular formula is C21H23N3O7S. The van der Waals surface area contributed by atoms with Crippen LogP contribution in [0.4, 0.5) is 11.4 Å². The quantitative estimate of drug-likeness (QED) is 0.351. The van der Waals surface area contributed by atoms with E-state index in [1.807, 2.05) is 0 Å². The minimum absolute atomic E-state index is 0.0147. The highest BCUT2D eigenvalue weighted by molar-refractivity contribution is 7.92. The van der Waals surface area contributed by atoms with Crippen molar-refractivity contribution in [1.29, 1.82) is 0 Å². The fraction of sp³-hybridized carbons (Fsp3) is 0.333. The third-order valence-corrected chi connectivity index (χ3v) is 7.11. The molecule has 170 valence electrons. The van der Waals surface area contributed by atoms with Crippen molar-refractivity contribution < 1.29 is 27.7 Å². The minimum atomic E-state index is -4.17. The molecule has 1 aliphatic heterocycles. The monoisotopic (exact) mass is 461 g/mol. The number of piperidine rings is 1. The molecule has 0 aromatic heterocycles. The zero-order valence-corrected chi connectivity index (χ0v) is 18.2. The smallest absolute Gasteiger partial charge is 0.308 e. The van der Waals surface area contributed by atoms with E-state index >= 15 is 0 Å². The van der Waals surface area contributed by atoms with Gasteiger partial charge in [-0.05, 0) is 31.0 Å². The number of amides is 1. The van der Waals surface area contributed by atoms with Crippen LogP contribution in [0.1, 0.15) is 12.8 Å². The minimum Gasteiger partial charge on any atom is -0.469 e. The summed E-state index contributed by atoms with van der Waals surface area (Å²) in [6, 6.07) is 12.7. The van der Waals surface area contributed by atoms with Gasteiger partial charge in [-0.1, -0.05) is 24.3 Å². The standard InChI is InChI=1S/C21H23N3O7S/c1-31-21(26)16-10-12-22(13-11-16)20(25)15-23(17-6-5-7-18(14-17)24(27)28)32(29,30)19-8-3-2-4-9-19/h2-9,14,16H,10-13,15H2,1H3. The number of nitro benzene ring substituents is 1. The lowest BCUT2D eigenvalue weighted by Gasteiger charge is -2.33. The molecule has 0 atom stereocenters. The zero-order chi connectivity index (χ0) is 23.3. The number of likely N-dealkylation sites (tertiary alicyclic amines) is 1. The van der Waals surface area contributed by atoms with Gasteiger partial charge in [0.05, 0.1) is 28.5 Å². The molecule has 1 heterocycles. The number of ether oxygens (including phenoxy) is 1. The molecule has 2 aromatic rings. The summed E-state index contributed by atoms with van der Waals surface area (Å²) in [6.45, 7) is 0.0425. The van der Waals surface area contributed by atoms with Gasteiger partial charge in [0.2, 0.25) is 5.91 Å². The lowest BCUT2D eigenvalue weighted by atomic mass is 9.97. The van der Waals surface area contributed by atoms with Crippen LogP contribution in [0.15, 0.2) is 59.5 Å². The fourth-order valence-electron chi connectivity index (χ4n) is 3.55. The van der Waals surface area contributed by atoms with Crippen molar-refractivity contribution in [2.45, 2.75) is 17.7 Å². The summed E-state index contributed by atoms with van der Waals surface area (Å²) in [5, 5.41) is 11.2. The first-order valence-electron chi connectivity index (χ1n) is 9.92. The maximum absolute atomic E-state index is 13.3. The average Bonchev–Trinajstić information content (AvgIpc) is 2.82. The third kappa shape index (κ3) is 5.05. The first-order chi connectivity index (χ1) is 15.2. The van der Waals surface area contributed by atoms with Crippen LogP contribution in [0.5, 0.6) is 0 Å². The van der Waals surface area contributed by atoms with Crippen molar-refractivity contribution in [1.82, 2.24) is 4.90 Å². The van der Waals surface area contributed by atoms with Crippen molar-refractivity contribution >= 4 is 33.3 Å². The van der Waals surface area contributed by atoms with Gasteiger partial charge >= 0.3 is 5.97 Å². The number of carbonyl (C=O) groups is 2. The van der Waals surface area contributed by atoms with Crippen LogP contribution in [-0.4, -0.2) is 56.9 Å². The molecule has 1 aliphatic rings. The molecule has 0 radical (unpaired) electrons. The first-order valence-corrected chi connectivity index (χ1v) is 11.4. The van der Waals surface area contributed by atoms with Crippen molar-refractivity contribution in [3.8, 4) is 0 Å². The molecule has 1 amide bonds. The Bertz CT molecular complexity index is 1100. The van der Waals surface area contributed by atoms with Crippen LogP contribution in [0.2, 0.25) is 0 Å². The summed E-state index contributed by atoms with van der Waals surface area (Å²) < 4.78 is 32.3. The second-order valence-corrected chi connectivity index (χ2v) is 9.14. The second-order valence-electron chi connectivity index (χ2n) is 7.28. The Labute approximate surface area is 185 Å². The summed E-state index contributed by atoms with van der Waals surface area (Å²) >= 11 is 0. The molecule has 0 aliphatic carbocycles. The molecule has 0 N–H and O–H groups in total. The van der Waals surface area contributed by atoms with Gasteiger partial charge in [-0.25, -0.2) is 8.42 Å². The summed E-state index contributed by atoms with van der Waals surface area (Å²) in [6.07, 6.45) is 0.835. The molecule has 0 unspecified atom stereocenters. The number of nitrogens with zero attached hydrogens (tertiary/aromatic N) is 3. The zero-order valence-electron chi connectivity index (χ0n) is 17.4. The molecule has 10 nitrogen and oxygen atoms in total. The average molecular weight is 461 g/mol. The van der Waals surface area contributed by atoms with Gasteiger partial charge < -0.3 is 9.64 Å². The molecule has 0 saturated carbocycles. The number of carbonyl (C=O) groups excluding carboxylic acids is 2. The summed E-state index contributed by atoms with van der Waals surface area (Å²) in [4.78, 5) is 36.7. The Hall–Kier alpha value is -3.47. The molecule has 11 heteroatoms. The highest BCUT2D eigenvalue weighted by Crippen LogP contribution is 2.27.